The minimum absolute atomic E-state index is 0.175. The molecule has 0 aliphatic carbocycles. The zero-order chi connectivity index (χ0) is 13.2. The second-order valence-electron chi connectivity index (χ2n) is 3.82. The fourth-order valence-corrected chi connectivity index (χ4v) is 2.58. The van der Waals surface area contributed by atoms with E-state index in [2.05, 4.69) is 15.9 Å². The van der Waals surface area contributed by atoms with Gasteiger partial charge < -0.3 is 9.84 Å². The van der Waals surface area contributed by atoms with E-state index in [9.17, 15) is 4.79 Å². The number of hydrogen-bond acceptors (Lipinski definition) is 2. The van der Waals surface area contributed by atoms with Gasteiger partial charge in [0.1, 0.15) is 0 Å². The molecule has 0 saturated carbocycles. The van der Waals surface area contributed by atoms with Crippen LogP contribution >= 0.6 is 39.1 Å². The molecule has 1 N–H and O–H groups in total. The molecule has 0 radical (unpaired) electrons. The van der Waals surface area contributed by atoms with Gasteiger partial charge in [-0.2, -0.15) is 0 Å². The van der Waals surface area contributed by atoms with Crippen molar-refractivity contribution in [1.29, 1.82) is 0 Å². The zero-order valence-electron chi connectivity index (χ0n) is 9.21. The van der Waals surface area contributed by atoms with E-state index in [-0.39, 0.29) is 16.7 Å². The molecule has 0 heterocycles. The maximum Gasteiger partial charge on any atom is 0.345 e. The van der Waals surface area contributed by atoms with Gasteiger partial charge in [0.2, 0.25) is 0 Å². The van der Waals surface area contributed by atoms with Crippen molar-refractivity contribution in [2.75, 3.05) is 0 Å². The van der Waals surface area contributed by atoms with Crippen LogP contribution in [-0.4, -0.2) is 17.2 Å². The molecule has 0 amide bonds. The molecule has 94 valence electrons. The number of carboxylic acids is 1. The Hall–Kier alpha value is -0.450. The topological polar surface area (TPSA) is 46.5 Å². The Morgan fingerprint density at radius 2 is 2.00 bits per heavy atom. The van der Waals surface area contributed by atoms with Crippen molar-refractivity contribution in [3.63, 3.8) is 0 Å². The van der Waals surface area contributed by atoms with Crippen molar-refractivity contribution in [2.24, 2.45) is 5.92 Å². The number of benzene rings is 1. The molecule has 0 bridgehead atoms. The molecule has 0 aliphatic rings. The molecular weight excluding hydrogens is 331 g/mol. The van der Waals surface area contributed by atoms with Gasteiger partial charge in [-0.1, -0.05) is 37.0 Å². The van der Waals surface area contributed by atoms with Crippen LogP contribution in [0.2, 0.25) is 10.0 Å². The Balaban J connectivity index is 3.05. The van der Waals surface area contributed by atoms with Crippen LogP contribution in [0, 0.1) is 5.92 Å². The molecule has 1 aromatic carbocycles. The average molecular weight is 342 g/mol. The SMILES string of the molecule is CC(C)C(Oc1c(Cl)cc(Cl)cc1Br)C(=O)O. The molecule has 0 saturated heterocycles. The Kier molecular flexibility index (Phi) is 5.10. The van der Waals surface area contributed by atoms with Crippen LogP contribution < -0.4 is 4.74 Å². The zero-order valence-corrected chi connectivity index (χ0v) is 12.3. The highest BCUT2D eigenvalue weighted by atomic mass is 79.9. The van der Waals surface area contributed by atoms with Crippen molar-refractivity contribution in [3.8, 4) is 5.75 Å². The lowest BCUT2D eigenvalue weighted by atomic mass is 10.1. The summed E-state index contributed by atoms with van der Waals surface area (Å²) in [6.45, 7) is 3.52. The minimum atomic E-state index is -1.03. The van der Waals surface area contributed by atoms with Crippen molar-refractivity contribution >= 4 is 45.1 Å². The smallest absolute Gasteiger partial charge is 0.345 e. The van der Waals surface area contributed by atoms with Crippen molar-refractivity contribution in [3.05, 3.63) is 26.7 Å². The maximum absolute atomic E-state index is 11.0. The summed E-state index contributed by atoms with van der Waals surface area (Å²) in [5, 5.41) is 9.76. The lowest BCUT2D eigenvalue weighted by Gasteiger charge is -2.20. The normalized spacial score (nSPS) is 12.6. The minimum Gasteiger partial charge on any atom is -0.478 e. The van der Waals surface area contributed by atoms with Crippen LogP contribution in [0.25, 0.3) is 0 Å². The van der Waals surface area contributed by atoms with Crippen LogP contribution in [0.15, 0.2) is 16.6 Å². The molecule has 1 unspecified atom stereocenters. The van der Waals surface area contributed by atoms with E-state index < -0.39 is 12.1 Å². The second kappa shape index (κ2) is 5.94. The predicted octanol–water partition coefficient (Wildman–Crippen LogP) is 4.24. The molecule has 0 fully saturated rings. The Morgan fingerprint density at radius 3 is 2.41 bits per heavy atom. The first kappa shape index (κ1) is 14.6. The number of rotatable bonds is 4. The number of hydrogen-bond donors (Lipinski definition) is 1. The third-order valence-electron chi connectivity index (χ3n) is 2.06. The summed E-state index contributed by atoms with van der Waals surface area (Å²) in [5.74, 6) is -0.916. The van der Waals surface area contributed by atoms with Gasteiger partial charge in [-0.15, -0.1) is 0 Å². The molecule has 1 atom stereocenters. The number of ether oxygens (including phenoxy) is 1. The summed E-state index contributed by atoms with van der Waals surface area (Å²) in [6, 6.07) is 3.10. The van der Waals surface area contributed by atoms with Gasteiger partial charge in [-0.05, 0) is 28.1 Å². The van der Waals surface area contributed by atoms with E-state index in [4.69, 9.17) is 33.0 Å². The van der Waals surface area contributed by atoms with Crippen LogP contribution in [0.5, 0.6) is 5.75 Å². The van der Waals surface area contributed by atoms with Gasteiger partial charge in [-0.3, -0.25) is 0 Å². The summed E-state index contributed by atoms with van der Waals surface area (Å²) in [5.41, 5.74) is 0. The van der Waals surface area contributed by atoms with Crippen molar-refractivity contribution in [2.45, 2.75) is 20.0 Å². The van der Waals surface area contributed by atoms with Gasteiger partial charge in [0.25, 0.3) is 0 Å². The quantitative estimate of drug-likeness (QED) is 0.890. The van der Waals surface area contributed by atoms with Gasteiger partial charge >= 0.3 is 5.97 Å². The average Bonchev–Trinajstić information content (AvgIpc) is 2.14. The van der Waals surface area contributed by atoms with Gasteiger partial charge in [0, 0.05) is 10.9 Å². The lowest BCUT2D eigenvalue weighted by Crippen LogP contribution is -2.32. The van der Waals surface area contributed by atoms with Crippen LogP contribution in [0.1, 0.15) is 13.8 Å². The predicted molar refractivity (Wildman–Crippen MR) is 71.1 cm³/mol. The van der Waals surface area contributed by atoms with Gasteiger partial charge in [-0.25, -0.2) is 4.79 Å². The molecular formula is C11H11BrCl2O3. The molecule has 0 aromatic heterocycles. The summed E-state index contributed by atoms with van der Waals surface area (Å²) in [6.07, 6.45) is -0.954. The van der Waals surface area contributed by atoms with E-state index in [1.807, 2.05) is 0 Å². The number of aliphatic carboxylic acids is 1. The molecule has 1 rings (SSSR count). The fraction of sp³-hybridized carbons (Fsp3) is 0.364. The van der Waals surface area contributed by atoms with Crippen LogP contribution in [-0.2, 0) is 4.79 Å². The summed E-state index contributed by atoms with van der Waals surface area (Å²) in [4.78, 5) is 11.0. The van der Waals surface area contributed by atoms with Gasteiger partial charge in [0.05, 0.1) is 9.50 Å². The van der Waals surface area contributed by atoms with Crippen molar-refractivity contribution in [1.82, 2.24) is 0 Å². The molecule has 0 aliphatic heterocycles. The molecule has 0 spiro atoms. The third-order valence-corrected chi connectivity index (χ3v) is 3.14. The van der Waals surface area contributed by atoms with E-state index in [1.165, 1.54) is 6.07 Å². The number of halogens is 3. The van der Waals surface area contributed by atoms with Crippen LogP contribution in [0.4, 0.5) is 0 Å². The Bertz CT molecular complexity index is 412. The Labute approximate surface area is 118 Å². The summed E-state index contributed by atoms with van der Waals surface area (Å²) >= 11 is 15.0. The number of carbonyl (C=O) groups is 1. The molecule has 3 nitrogen and oxygen atoms in total. The third kappa shape index (κ3) is 3.76. The van der Waals surface area contributed by atoms with Crippen molar-refractivity contribution < 1.29 is 14.6 Å². The van der Waals surface area contributed by atoms with E-state index in [0.717, 1.165) is 0 Å². The number of carboxylic acid groups (broad SMARTS) is 1. The highest BCUT2D eigenvalue weighted by molar-refractivity contribution is 9.10. The fourth-order valence-electron chi connectivity index (χ4n) is 1.24. The summed E-state index contributed by atoms with van der Waals surface area (Å²) < 4.78 is 5.95. The maximum atomic E-state index is 11.0. The molecule has 17 heavy (non-hydrogen) atoms. The van der Waals surface area contributed by atoms with E-state index >= 15 is 0 Å². The largest absolute Gasteiger partial charge is 0.478 e. The Morgan fingerprint density at radius 1 is 1.41 bits per heavy atom. The monoisotopic (exact) mass is 340 g/mol. The highest BCUT2D eigenvalue weighted by Crippen LogP contribution is 2.37. The first-order chi connectivity index (χ1) is 7.82. The van der Waals surface area contributed by atoms with Crippen LogP contribution in [0.3, 0.4) is 0 Å². The summed E-state index contributed by atoms with van der Waals surface area (Å²) in [7, 11) is 0. The molecule has 1 aromatic rings. The lowest BCUT2D eigenvalue weighted by molar-refractivity contribution is -0.147. The molecule has 6 heteroatoms. The van der Waals surface area contributed by atoms with E-state index in [1.54, 1.807) is 19.9 Å². The highest BCUT2D eigenvalue weighted by Gasteiger charge is 2.25. The standard InChI is InChI=1S/C11H11BrCl2O3/c1-5(2)9(11(15)16)17-10-7(12)3-6(13)4-8(10)14/h3-5,9H,1-2H3,(H,15,16). The van der Waals surface area contributed by atoms with E-state index in [0.29, 0.717) is 9.50 Å². The van der Waals surface area contributed by atoms with Gasteiger partial charge in [0.15, 0.2) is 11.9 Å². The first-order valence-corrected chi connectivity index (χ1v) is 6.41. The second-order valence-corrected chi connectivity index (χ2v) is 5.52. The first-order valence-electron chi connectivity index (χ1n) is 4.87.